The normalized spacial score (nSPS) is 10.3. The number of nitro groups is 1. The van der Waals surface area contributed by atoms with Gasteiger partial charge in [0.1, 0.15) is 0 Å². The zero-order valence-corrected chi connectivity index (χ0v) is 11.3. The summed E-state index contributed by atoms with van der Waals surface area (Å²) in [5.74, 6) is -0.341. The number of benzene rings is 1. The third kappa shape index (κ3) is 4.80. The van der Waals surface area contributed by atoms with E-state index in [4.69, 9.17) is 5.73 Å². The van der Waals surface area contributed by atoms with Crippen LogP contribution in [0.15, 0.2) is 22.7 Å². The summed E-state index contributed by atoms with van der Waals surface area (Å²) in [5, 5.41) is 13.9. The van der Waals surface area contributed by atoms with E-state index in [1.54, 1.807) is 12.1 Å². The summed E-state index contributed by atoms with van der Waals surface area (Å²) in [6.45, 7) is 0.985. The van der Waals surface area contributed by atoms with E-state index in [2.05, 4.69) is 21.2 Å². The zero-order valence-electron chi connectivity index (χ0n) is 9.69. The van der Waals surface area contributed by atoms with Gasteiger partial charge in [-0.2, -0.15) is 0 Å². The second kappa shape index (κ2) is 7.07. The van der Waals surface area contributed by atoms with E-state index in [0.717, 1.165) is 0 Å². The first kappa shape index (κ1) is 14.6. The lowest BCUT2D eigenvalue weighted by Crippen LogP contribution is -2.18. The minimum absolute atomic E-state index is 0.0757. The van der Waals surface area contributed by atoms with E-state index < -0.39 is 4.92 Å². The molecule has 0 aliphatic heterocycles. The highest BCUT2D eigenvalue weighted by Gasteiger charge is 2.13. The van der Waals surface area contributed by atoms with Crippen LogP contribution in [0.25, 0.3) is 0 Å². The Balaban J connectivity index is 2.51. The largest absolute Gasteiger partial charge is 0.370 e. The van der Waals surface area contributed by atoms with E-state index in [1.807, 2.05) is 0 Å². The van der Waals surface area contributed by atoms with Gasteiger partial charge in [-0.3, -0.25) is 14.9 Å². The minimum atomic E-state index is -0.412. The SMILES string of the molecule is NC(=O)CCCNCc1ccc(Br)cc1[N+](=O)[O-]. The molecule has 1 rings (SSSR count). The molecule has 0 atom stereocenters. The molecule has 3 N–H and O–H groups in total. The Morgan fingerprint density at radius 2 is 2.22 bits per heavy atom. The van der Waals surface area contributed by atoms with Crippen molar-refractivity contribution in [1.82, 2.24) is 5.32 Å². The first-order chi connectivity index (χ1) is 8.50. The lowest BCUT2D eigenvalue weighted by Gasteiger charge is -2.05. The van der Waals surface area contributed by atoms with Gasteiger partial charge in [-0.25, -0.2) is 0 Å². The minimum Gasteiger partial charge on any atom is -0.370 e. The molecular formula is C11H14BrN3O3. The molecule has 0 saturated heterocycles. The fourth-order valence-electron chi connectivity index (χ4n) is 1.47. The summed E-state index contributed by atoms with van der Waals surface area (Å²) in [6, 6.07) is 4.93. The van der Waals surface area contributed by atoms with Gasteiger partial charge in [-0.05, 0) is 25.1 Å². The third-order valence-corrected chi connectivity index (χ3v) is 2.83. The van der Waals surface area contributed by atoms with Crippen LogP contribution in [0.3, 0.4) is 0 Å². The predicted octanol–water partition coefficient (Wildman–Crippen LogP) is 1.71. The smallest absolute Gasteiger partial charge is 0.275 e. The van der Waals surface area contributed by atoms with Gasteiger partial charge in [-0.15, -0.1) is 0 Å². The summed E-state index contributed by atoms with van der Waals surface area (Å²) in [4.78, 5) is 20.9. The van der Waals surface area contributed by atoms with Crippen molar-refractivity contribution in [3.63, 3.8) is 0 Å². The third-order valence-electron chi connectivity index (χ3n) is 2.34. The zero-order chi connectivity index (χ0) is 13.5. The number of carbonyl (C=O) groups is 1. The average Bonchev–Trinajstić information content (AvgIpc) is 2.29. The van der Waals surface area contributed by atoms with Crippen LogP contribution in [0.2, 0.25) is 0 Å². The van der Waals surface area contributed by atoms with Crippen LogP contribution in [0, 0.1) is 10.1 Å². The maximum Gasteiger partial charge on any atom is 0.275 e. The van der Waals surface area contributed by atoms with Crippen molar-refractivity contribution < 1.29 is 9.72 Å². The van der Waals surface area contributed by atoms with Crippen LogP contribution < -0.4 is 11.1 Å². The van der Waals surface area contributed by atoms with Crippen LogP contribution in [-0.2, 0) is 11.3 Å². The molecule has 0 unspecified atom stereocenters. The maximum atomic E-state index is 10.8. The van der Waals surface area contributed by atoms with E-state index in [1.165, 1.54) is 6.07 Å². The fourth-order valence-corrected chi connectivity index (χ4v) is 1.82. The number of halogens is 1. The summed E-state index contributed by atoms with van der Waals surface area (Å²) in [6.07, 6.45) is 0.940. The Bertz CT molecular complexity index is 451. The molecule has 0 aromatic heterocycles. The van der Waals surface area contributed by atoms with Crippen LogP contribution in [0.5, 0.6) is 0 Å². The van der Waals surface area contributed by atoms with Crippen molar-refractivity contribution in [2.45, 2.75) is 19.4 Å². The lowest BCUT2D eigenvalue weighted by atomic mass is 10.2. The second-order valence-corrected chi connectivity index (χ2v) is 4.69. The van der Waals surface area contributed by atoms with E-state index >= 15 is 0 Å². The van der Waals surface area contributed by atoms with E-state index in [-0.39, 0.29) is 11.6 Å². The van der Waals surface area contributed by atoms with E-state index in [9.17, 15) is 14.9 Å². The molecule has 1 aromatic rings. The molecule has 6 nitrogen and oxygen atoms in total. The molecule has 0 aliphatic carbocycles. The topological polar surface area (TPSA) is 98.3 Å². The van der Waals surface area contributed by atoms with Gasteiger partial charge >= 0.3 is 0 Å². The number of hydrogen-bond acceptors (Lipinski definition) is 4. The Kier molecular flexibility index (Phi) is 5.73. The molecule has 0 radical (unpaired) electrons. The molecule has 0 fully saturated rings. The molecule has 1 aromatic carbocycles. The van der Waals surface area contributed by atoms with Gasteiger partial charge in [0.15, 0.2) is 0 Å². The summed E-state index contributed by atoms with van der Waals surface area (Å²) in [7, 11) is 0. The molecular weight excluding hydrogens is 302 g/mol. The van der Waals surface area contributed by atoms with Crippen molar-refractivity contribution in [1.29, 1.82) is 0 Å². The molecule has 0 bridgehead atoms. The summed E-state index contributed by atoms with van der Waals surface area (Å²) >= 11 is 3.20. The Morgan fingerprint density at radius 1 is 1.50 bits per heavy atom. The summed E-state index contributed by atoms with van der Waals surface area (Å²) < 4.78 is 0.673. The molecule has 7 heteroatoms. The molecule has 0 aliphatic rings. The second-order valence-electron chi connectivity index (χ2n) is 3.78. The van der Waals surface area contributed by atoms with Gasteiger partial charge in [-0.1, -0.05) is 15.9 Å². The van der Waals surface area contributed by atoms with Crippen LogP contribution >= 0.6 is 15.9 Å². The highest BCUT2D eigenvalue weighted by molar-refractivity contribution is 9.10. The summed E-state index contributed by atoms with van der Waals surface area (Å²) in [5.41, 5.74) is 5.69. The van der Waals surface area contributed by atoms with Crippen LogP contribution in [0.4, 0.5) is 5.69 Å². The molecule has 0 spiro atoms. The molecule has 98 valence electrons. The van der Waals surface area contributed by atoms with Gasteiger partial charge in [0, 0.05) is 29.1 Å². The molecule has 1 amide bonds. The lowest BCUT2D eigenvalue weighted by molar-refractivity contribution is -0.385. The van der Waals surface area contributed by atoms with Crippen molar-refractivity contribution in [2.75, 3.05) is 6.54 Å². The first-order valence-corrected chi connectivity index (χ1v) is 6.22. The van der Waals surface area contributed by atoms with Gasteiger partial charge in [0.25, 0.3) is 5.69 Å². The van der Waals surface area contributed by atoms with Crippen molar-refractivity contribution in [3.05, 3.63) is 38.3 Å². The monoisotopic (exact) mass is 315 g/mol. The van der Waals surface area contributed by atoms with Crippen molar-refractivity contribution in [3.8, 4) is 0 Å². The van der Waals surface area contributed by atoms with Crippen LogP contribution in [-0.4, -0.2) is 17.4 Å². The fraction of sp³-hybridized carbons (Fsp3) is 0.364. The Morgan fingerprint density at radius 3 is 2.83 bits per heavy atom. The first-order valence-electron chi connectivity index (χ1n) is 5.42. The Labute approximate surface area is 113 Å². The quantitative estimate of drug-likeness (QED) is 0.454. The number of primary amides is 1. The standard InChI is InChI=1S/C11H14BrN3O3/c12-9-4-3-8(10(6-9)15(17)18)7-14-5-1-2-11(13)16/h3-4,6,14H,1-2,5,7H2,(H2,13,16). The number of nitrogens with two attached hydrogens (primary N) is 1. The number of nitrogens with one attached hydrogen (secondary N) is 1. The number of nitro benzene ring substituents is 1. The number of amides is 1. The molecule has 18 heavy (non-hydrogen) atoms. The highest BCUT2D eigenvalue weighted by Crippen LogP contribution is 2.23. The number of rotatable bonds is 7. The number of hydrogen-bond donors (Lipinski definition) is 2. The number of carbonyl (C=O) groups excluding carboxylic acids is 1. The highest BCUT2D eigenvalue weighted by atomic mass is 79.9. The van der Waals surface area contributed by atoms with Crippen LogP contribution in [0.1, 0.15) is 18.4 Å². The van der Waals surface area contributed by atoms with Gasteiger partial charge in [0.2, 0.25) is 5.91 Å². The predicted molar refractivity (Wildman–Crippen MR) is 70.9 cm³/mol. The Hall–Kier alpha value is -1.47. The van der Waals surface area contributed by atoms with Gasteiger partial charge in [0.05, 0.1) is 4.92 Å². The molecule has 0 heterocycles. The molecule has 0 saturated carbocycles. The van der Waals surface area contributed by atoms with Crippen molar-refractivity contribution >= 4 is 27.5 Å². The average molecular weight is 316 g/mol. The van der Waals surface area contributed by atoms with E-state index in [0.29, 0.717) is 36.0 Å². The van der Waals surface area contributed by atoms with Gasteiger partial charge < -0.3 is 11.1 Å². The number of nitrogens with zero attached hydrogens (tertiary/aromatic N) is 1. The van der Waals surface area contributed by atoms with Crippen molar-refractivity contribution in [2.24, 2.45) is 5.73 Å². The maximum absolute atomic E-state index is 10.8.